The summed E-state index contributed by atoms with van der Waals surface area (Å²) in [6.07, 6.45) is 1.80. The van der Waals surface area contributed by atoms with Crippen molar-refractivity contribution >= 4 is 27.9 Å². The number of thiazole rings is 1. The Morgan fingerprint density at radius 1 is 1.42 bits per heavy atom. The Hall–Kier alpha value is -2.78. The van der Waals surface area contributed by atoms with Crippen molar-refractivity contribution in [3.8, 4) is 11.3 Å². The molecule has 0 fully saturated rings. The van der Waals surface area contributed by atoms with Crippen molar-refractivity contribution in [2.45, 2.75) is 6.92 Å². The minimum atomic E-state index is -0.427. The molecule has 0 spiro atoms. The van der Waals surface area contributed by atoms with Crippen LogP contribution in [0.3, 0.4) is 0 Å². The second-order valence-electron chi connectivity index (χ2n) is 6.16. The number of hydrogen-bond acceptors (Lipinski definition) is 6. The largest absolute Gasteiger partial charge is 0.350 e. The molecule has 0 aliphatic carbocycles. The van der Waals surface area contributed by atoms with E-state index in [0.29, 0.717) is 27.6 Å². The summed E-state index contributed by atoms with van der Waals surface area (Å²) in [7, 11) is 3.90. The molecule has 0 aliphatic heterocycles. The average Bonchev–Trinajstić information content (AvgIpc) is 3.14. The fourth-order valence-electron chi connectivity index (χ4n) is 2.55. The van der Waals surface area contributed by atoms with Gasteiger partial charge in [-0.25, -0.2) is 4.98 Å². The van der Waals surface area contributed by atoms with E-state index in [1.54, 1.807) is 18.3 Å². The third kappa shape index (κ3) is 3.58. The molecule has 0 radical (unpaired) electrons. The first-order valence-corrected chi connectivity index (χ1v) is 8.84. The van der Waals surface area contributed by atoms with Crippen molar-refractivity contribution in [1.29, 1.82) is 0 Å². The SMILES string of the molecule is Cc1c(C(=O)NCCN(C)C)sc2nc(-c3cccc([N+](=O)[O-])c3)cn12. The van der Waals surface area contributed by atoms with E-state index < -0.39 is 4.92 Å². The molecule has 0 aliphatic rings. The zero-order chi connectivity index (χ0) is 18.8. The molecule has 3 rings (SSSR count). The molecule has 0 unspecified atom stereocenters. The van der Waals surface area contributed by atoms with Crippen LogP contribution in [0.4, 0.5) is 5.69 Å². The fraction of sp³-hybridized carbons (Fsp3) is 0.294. The van der Waals surface area contributed by atoms with Gasteiger partial charge in [-0.15, -0.1) is 0 Å². The van der Waals surface area contributed by atoms with E-state index in [1.807, 2.05) is 30.3 Å². The number of nitro benzene ring substituents is 1. The van der Waals surface area contributed by atoms with Gasteiger partial charge in [0.05, 0.1) is 10.6 Å². The first kappa shape index (κ1) is 18.0. The van der Waals surface area contributed by atoms with E-state index >= 15 is 0 Å². The lowest BCUT2D eigenvalue weighted by Crippen LogP contribution is -2.31. The van der Waals surface area contributed by atoms with Gasteiger partial charge in [0.15, 0.2) is 4.96 Å². The van der Waals surface area contributed by atoms with Crippen molar-refractivity contribution in [3.05, 3.63) is 51.1 Å². The van der Waals surface area contributed by atoms with Gasteiger partial charge in [0.25, 0.3) is 11.6 Å². The van der Waals surface area contributed by atoms with Crippen molar-refractivity contribution < 1.29 is 9.72 Å². The molecule has 2 heterocycles. The zero-order valence-electron chi connectivity index (χ0n) is 14.7. The quantitative estimate of drug-likeness (QED) is 0.529. The van der Waals surface area contributed by atoms with Gasteiger partial charge in [-0.3, -0.25) is 19.3 Å². The Kier molecular flexibility index (Phi) is 5.01. The van der Waals surface area contributed by atoms with Gasteiger partial charge in [-0.2, -0.15) is 0 Å². The third-order valence-corrected chi connectivity index (χ3v) is 5.12. The summed E-state index contributed by atoms with van der Waals surface area (Å²) in [6.45, 7) is 3.21. The molecule has 2 aromatic heterocycles. The standard InChI is InChI=1S/C17H19N5O3S/c1-11-15(16(23)18-7-8-20(2)3)26-17-19-14(10-21(11)17)12-5-4-6-13(9-12)22(24)25/h4-6,9-10H,7-8H2,1-3H3,(H,18,23). The lowest BCUT2D eigenvalue weighted by molar-refractivity contribution is -0.384. The molecule has 3 aromatic rings. The van der Waals surface area contributed by atoms with E-state index in [4.69, 9.17) is 0 Å². The molecule has 0 atom stereocenters. The first-order valence-electron chi connectivity index (χ1n) is 8.03. The highest BCUT2D eigenvalue weighted by Gasteiger charge is 2.18. The molecule has 1 N–H and O–H groups in total. The monoisotopic (exact) mass is 373 g/mol. The van der Waals surface area contributed by atoms with Crippen LogP contribution in [0.1, 0.15) is 15.4 Å². The van der Waals surface area contributed by atoms with Crippen LogP contribution in [-0.4, -0.2) is 52.3 Å². The Balaban J connectivity index is 1.86. The van der Waals surface area contributed by atoms with E-state index in [0.717, 1.165) is 12.2 Å². The highest BCUT2D eigenvalue weighted by atomic mass is 32.1. The van der Waals surface area contributed by atoms with Crippen LogP contribution >= 0.6 is 11.3 Å². The van der Waals surface area contributed by atoms with Gasteiger partial charge >= 0.3 is 0 Å². The maximum atomic E-state index is 12.4. The van der Waals surface area contributed by atoms with E-state index in [9.17, 15) is 14.9 Å². The van der Waals surface area contributed by atoms with Crippen molar-refractivity contribution in [3.63, 3.8) is 0 Å². The van der Waals surface area contributed by atoms with Crippen molar-refractivity contribution in [2.24, 2.45) is 0 Å². The zero-order valence-corrected chi connectivity index (χ0v) is 15.5. The second kappa shape index (κ2) is 7.22. The first-order chi connectivity index (χ1) is 12.4. The number of aryl methyl sites for hydroxylation is 1. The van der Waals surface area contributed by atoms with E-state index in [2.05, 4.69) is 10.3 Å². The van der Waals surface area contributed by atoms with Gasteiger partial charge in [-0.05, 0) is 21.0 Å². The van der Waals surface area contributed by atoms with Gasteiger partial charge in [0.1, 0.15) is 4.88 Å². The molecule has 1 amide bonds. The highest BCUT2D eigenvalue weighted by molar-refractivity contribution is 7.19. The minimum absolute atomic E-state index is 0.0246. The van der Waals surface area contributed by atoms with Gasteiger partial charge in [0.2, 0.25) is 0 Å². The predicted molar refractivity (Wildman–Crippen MR) is 101 cm³/mol. The maximum Gasteiger partial charge on any atom is 0.270 e. The number of amides is 1. The molecule has 26 heavy (non-hydrogen) atoms. The Morgan fingerprint density at radius 3 is 2.85 bits per heavy atom. The van der Waals surface area contributed by atoms with E-state index in [-0.39, 0.29) is 11.6 Å². The summed E-state index contributed by atoms with van der Waals surface area (Å²) in [5.74, 6) is -0.114. The number of fused-ring (bicyclic) bond motifs is 1. The van der Waals surface area contributed by atoms with E-state index in [1.165, 1.54) is 23.5 Å². The summed E-state index contributed by atoms with van der Waals surface area (Å²) < 4.78 is 1.85. The van der Waals surface area contributed by atoms with Crippen LogP contribution in [0.2, 0.25) is 0 Å². The molecule has 8 nitrogen and oxygen atoms in total. The smallest absolute Gasteiger partial charge is 0.270 e. The summed E-state index contributed by atoms with van der Waals surface area (Å²) in [5, 5.41) is 13.8. The van der Waals surface area contributed by atoms with Crippen LogP contribution in [0, 0.1) is 17.0 Å². The number of aromatic nitrogens is 2. The number of benzene rings is 1. The Morgan fingerprint density at radius 2 is 2.19 bits per heavy atom. The van der Waals surface area contributed by atoms with Crippen LogP contribution in [-0.2, 0) is 0 Å². The van der Waals surface area contributed by atoms with Crippen LogP contribution in [0.5, 0.6) is 0 Å². The number of rotatable bonds is 6. The van der Waals surface area contributed by atoms with Gasteiger partial charge in [0, 0.05) is 42.7 Å². The Labute approximate surface area is 154 Å². The number of imidazole rings is 1. The summed E-state index contributed by atoms with van der Waals surface area (Å²) >= 11 is 1.31. The Bertz CT molecular complexity index is 976. The molecule has 1 aromatic carbocycles. The normalized spacial score (nSPS) is 11.2. The van der Waals surface area contributed by atoms with Crippen molar-refractivity contribution in [1.82, 2.24) is 19.6 Å². The topological polar surface area (TPSA) is 92.8 Å². The number of carbonyl (C=O) groups excluding carboxylic acids is 1. The number of non-ortho nitro benzene ring substituents is 1. The van der Waals surface area contributed by atoms with Crippen LogP contribution in [0.15, 0.2) is 30.5 Å². The predicted octanol–water partition coefficient (Wildman–Crippen LogP) is 2.57. The number of nitro groups is 1. The fourth-order valence-corrected chi connectivity index (χ4v) is 3.58. The summed E-state index contributed by atoms with van der Waals surface area (Å²) in [4.78, 5) is 30.7. The van der Waals surface area contributed by atoms with Gasteiger partial charge < -0.3 is 10.2 Å². The highest BCUT2D eigenvalue weighted by Crippen LogP contribution is 2.28. The molecule has 136 valence electrons. The lowest BCUT2D eigenvalue weighted by atomic mass is 10.1. The average molecular weight is 373 g/mol. The van der Waals surface area contributed by atoms with Crippen LogP contribution < -0.4 is 5.32 Å². The third-order valence-electron chi connectivity index (χ3n) is 3.96. The number of carbonyl (C=O) groups is 1. The lowest BCUT2D eigenvalue weighted by Gasteiger charge is -2.09. The van der Waals surface area contributed by atoms with Crippen LogP contribution in [0.25, 0.3) is 16.2 Å². The molecular weight excluding hydrogens is 354 g/mol. The second-order valence-corrected chi connectivity index (χ2v) is 7.14. The summed E-state index contributed by atoms with van der Waals surface area (Å²) in [6, 6.07) is 6.36. The molecular formula is C17H19N5O3S. The summed E-state index contributed by atoms with van der Waals surface area (Å²) in [5.41, 5.74) is 2.14. The van der Waals surface area contributed by atoms with Gasteiger partial charge in [-0.1, -0.05) is 23.5 Å². The molecule has 0 saturated carbocycles. The number of likely N-dealkylation sites (N-methyl/N-ethyl adjacent to an activating group) is 1. The van der Waals surface area contributed by atoms with Crippen molar-refractivity contribution in [2.75, 3.05) is 27.2 Å². The maximum absolute atomic E-state index is 12.4. The molecule has 9 heteroatoms. The number of nitrogens with zero attached hydrogens (tertiary/aromatic N) is 4. The number of hydrogen-bond donors (Lipinski definition) is 1. The number of nitrogens with one attached hydrogen (secondary N) is 1. The molecule has 0 saturated heterocycles. The minimum Gasteiger partial charge on any atom is -0.350 e. The molecule has 0 bridgehead atoms.